The Bertz CT molecular complexity index is 1250. The van der Waals surface area contributed by atoms with E-state index < -0.39 is 12.1 Å². The number of hydrogen-bond acceptors (Lipinski definition) is 8. The summed E-state index contributed by atoms with van der Waals surface area (Å²) in [4.78, 5) is 36.4. The van der Waals surface area contributed by atoms with Gasteiger partial charge in [-0.15, -0.1) is 0 Å². The van der Waals surface area contributed by atoms with Crippen LogP contribution in [0.2, 0.25) is 0 Å². The molecule has 2 aromatic rings. The van der Waals surface area contributed by atoms with Crippen molar-refractivity contribution in [2.75, 3.05) is 54.2 Å². The molecule has 0 aliphatic carbocycles. The Balaban J connectivity index is 1.60. The fraction of sp³-hybridized carbons (Fsp3) is 0.464. The molecule has 0 fully saturated rings. The van der Waals surface area contributed by atoms with E-state index in [4.69, 9.17) is 14.2 Å². The van der Waals surface area contributed by atoms with Crippen LogP contribution in [0.5, 0.6) is 17.4 Å². The Morgan fingerprint density at radius 1 is 1.24 bits per heavy atom. The zero-order chi connectivity index (χ0) is 27.4. The molecule has 1 aromatic carbocycles. The van der Waals surface area contributed by atoms with Gasteiger partial charge in [-0.05, 0) is 45.3 Å². The minimum absolute atomic E-state index is 0.132. The summed E-state index contributed by atoms with van der Waals surface area (Å²) in [5.74, 6) is 6.79. The standard InChI is InChI=1S/C28H34N4O6/c1-18-14-32(19(2)16-33)28(35)22-11-20(7-6-10-30(3)4)13-29-26(22)38-25(18)15-31(5)27(34)21-8-9-23-24(12-21)37-17-36-23/h8-9,11-13,18-19,25,33H,10,14-17H2,1-5H3/t18-,19+,25+/m0/s1. The lowest BCUT2D eigenvalue weighted by atomic mass is 9.99. The average molecular weight is 523 g/mol. The number of nitrogens with zero attached hydrogens (tertiary/aromatic N) is 4. The number of aromatic nitrogens is 1. The second kappa shape index (κ2) is 11.7. The molecule has 2 aliphatic heterocycles. The van der Waals surface area contributed by atoms with Gasteiger partial charge in [-0.3, -0.25) is 14.5 Å². The summed E-state index contributed by atoms with van der Waals surface area (Å²) < 4.78 is 17.0. The topological polar surface area (TPSA) is 105 Å². The van der Waals surface area contributed by atoms with Gasteiger partial charge in [-0.1, -0.05) is 18.8 Å². The van der Waals surface area contributed by atoms with E-state index in [1.54, 1.807) is 54.2 Å². The second-order valence-corrected chi connectivity index (χ2v) is 9.99. The first-order valence-corrected chi connectivity index (χ1v) is 12.5. The maximum atomic E-state index is 13.5. The summed E-state index contributed by atoms with van der Waals surface area (Å²) in [6.07, 6.45) is 1.12. The van der Waals surface area contributed by atoms with Gasteiger partial charge in [0.05, 0.1) is 25.7 Å². The molecule has 1 N–H and O–H groups in total. The van der Waals surface area contributed by atoms with Crippen molar-refractivity contribution in [2.24, 2.45) is 5.92 Å². The predicted octanol–water partition coefficient (Wildman–Crippen LogP) is 1.72. The number of amides is 2. The lowest BCUT2D eigenvalue weighted by Gasteiger charge is -2.37. The van der Waals surface area contributed by atoms with E-state index in [0.717, 1.165) is 0 Å². The first-order chi connectivity index (χ1) is 18.2. The highest BCUT2D eigenvalue weighted by Gasteiger charge is 2.35. The molecule has 0 spiro atoms. The van der Waals surface area contributed by atoms with E-state index in [-0.39, 0.29) is 49.1 Å². The molecule has 202 valence electrons. The zero-order valence-electron chi connectivity index (χ0n) is 22.4. The van der Waals surface area contributed by atoms with Gasteiger partial charge in [0.1, 0.15) is 11.7 Å². The molecule has 0 saturated carbocycles. The van der Waals surface area contributed by atoms with Gasteiger partial charge in [0, 0.05) is 36.8 Å². The van der Waals surface area contributed by atoms with Gasteiger partial charge < -0.3 is 29.1 Å². The van der Waals surface area contributed by atoms with Crippen LogP contribution in [0, 0.1) is 17.8 Å². The van der Waals surface area contributed by atoms with Crippen LogP contribution in [0.3, 0.4) is 0 Å². The van der Waals surface area contributed by atoms with Crippen molar-refractivity contribution in [3.05, 3.63) is 47.2 Å². The van der Waals surface area contributed by atoms with Gasteiger partial charge >= 0.3 is 0 Å². The Labute approximate surface area is 223 Å². The number of carbonyl (C=O) groups excluding carboxylic acids is 2. The molecule has 0 saturated heterocycles. The number of fused-ring (bicyclic) bond motifs is 2. The fourth-order valence-corrected chi connectivity index (χ4v) is 4.29. The van der Waals surface area contributed by atoms with Crippen LogP contribution in [0.15, 0.2) is 30.5 Å². The highest BCUT2D eigenvalue weighted by atomic mass is 16.7. The number of carbonyl (C=O) groups is 2. The second-order valence-electron chi connectivity index (χ2n) is 9.99. The highest BCUT2D eigenvalue weighted by Crippen LogP contribution is 2.33. The number of benzene rings is 1. The molecule has 1 aromatic heterocycles. The lowest BCUT2D eigenvalue weighted by molar-refractivity contribution is 0.0313. The van der Waals surface area contributed by atoms with E-state index in [1.165, 1.54) is 0 Å². The third kappa shape index (κ3) is 6.01. The Morgan fingerprint density at radius 3 is 2.74 bits per heavy atom. The molecule has 0 radical (unpaired) electrons. The zero-order valence-corrected chi connectivity index (χ0v) is 22.4. The van der Waals surface area contributed by atoms with E-state index >= 15 is 0 Å². The molecule has 10 nitrogen and oxygen atoms in total. The van der Waals surface area contributed by atoms with E-state index in [0.29, 0.717) is 35.7 Å². The van der Waals surface area contributed by atoms with Crippen LogP contribution in [0.25, 0.3) is 0 Å². The van der Waals surface area contributed by atoms with E-state index in [1.807, 2.05) is 25.9 Å². The van der Waals surface area contributed by atoms with Crippen LogP contribution < -0.4 is 14.2 Å². The first kappa shape index (κ1) is 27.2. The molecular formula is C28H34N4O6. The smallest absolute Gasteiger partial charge is 0.259 e. The molecule has 38 heavy (non-hydrogen) atoms. The molecule has 0 unspecified atom stereocenters. The monoisotopic (exact) mass is 522 g/mol. The maximum Gasteiger partial charge on any atom is 0.259 e. The Kier molecular flexibility index (Phi) is 8.39. The van der Waals surface area contributed by atoms with Gasteiger partial charge in [0.15, 0.2) is 11.5 Å². The maximum absolute atomic E-state index is 13.5. The van der Waals surface area contributed by atoms with Crippen molar-refractivity contribution in [1.29, 1.82) is 0 Å². The van der Waals surface area contributed by atoms with Crippen LogP contribution in [-0.2, 0) is 0 Å². The number of aliphatic hydroxyl groups excluding tert-OH is 1. The van der Waals surface area contributed by atoms with Crippen LogP contribution >= 0.6 is 0 Å². The van der Waals surface area contributed by atoms with Crippen molar-refractivity contribution in [2.45, 2.75) is 26.0 Å². The third-order valence-corrected chi connectivity index (χ3v) is 6.57. The number of pyridine rings is 1. The quantitative estimate of drug-likeness (QED) is 0.572. The van der Waals surface area contributed by atoms with Crippen molar-refractivity contribution in [1.82, 2.24) is 19.7 Å². The van der Waals surface area contributed by atoms with Crippen molar-refractivity contribution >= 4 is 11.8 Å². The predicted molar refractivity (Wildman–Crippen MR) is 140 cm³/mol. The molecule has 0 bridgehead atoms. The fourth-order valence-electron chi connectivity index (χ4n) is 4.29. The van der Waals surface area contributed by atoms with Crippen LogP contribution in [0.4, 0.5) is 0 Å². The number of likely N-dealkylation sites (N-methyl/N-ethyl adjacent to an activating group) is 1. The molecule has 2 aliphatic rings. The van der Waals surface area contributed by atoms with Crippen molar-refractivity contribution < 1.29 is 28.9 Å². The van der Waals surface area contributed by atoms with Crippen molar-refractivity contribution in [3.8, 4) is 29.2 Å². The summed E-state index contributed by atoms with van der Waals surface area (Å²) in [7, 11) is 5.56. The summed E-state index contributed by atoms with van der Waals surface area (Å²) in [6, 6.07) is 6.36. The summed E-state index contributed by atoms with van der Waals surface area (Å²) >= 11 is 0. The van der Waals surface area contributed by atoms with Gasteiger partial charge in [-0.2, -0.15) is 0 Å². The van der Waals surface area contributed by atoms with Gasteiger partial charge in [0.2, 0.25) is 12.7 Å². The van der Waals surface area contributed by atoms with Crippen molar-refractivity contribution in [3.63, 3.8) is 0 Å². The molecule has 3 atom stereocenters. The number of rotatable bonds is 6. The SMILES string of the molecule is C[C@H](CO)N1C[C@H](C)[C@@H](CN(C)C(=O)c2ccc3c(c2)OCO3)Oc2ncc(C#CCN(C)C)cc2C1=O. The molecule has 3 heterocycles. The van der Waals surface area contributed by atoms with Crippen LogP contribution in [0.1, 0.15) is 40.1 Å². The third-order valence-electron chi connectivity index (χ3n) is 6.57. The largest absolute Gasteiger partial charge is 0.472 e. The van der Waals surface area contributed by atoms with E-state index in [2.05, 4.69) is 16.8 Å². The van der Waals surface area contributed by atoms with Gasteiger partial charge in [0.25, 0.3) is 11.8 Å². The average Bonchev–Trinajstić information content (AvgIpc) is 3.37. The number of aliphatic hydroxyl groups is 1. The summed E-state index contributed by atoms with van der Waals surface area (Å²) in [5.41, 5.74) is 1.35. The van der Waals surface area contributed by atoms with Crippen LogP contribution in [-0.4, -0.2) is 103 Å². The Morgan fingerprint density at radius 2 is 2.00 bits per heavy atom. The Hall–Kier alpha value is -3.81. The van der Waals surface area contributed by atoms with E-state index in [9.17, 15) is 14.7 Å². The normalized spacial score (nSPS) is 19.0. The minimum Gasteiger partial charge on any atom is -0.472 e. The number of ether oxygens (including phenoxy) is 3. The summed E-state index contributed by atoms with van der Waals surface area (Å²) in [5, 5.41) is 9.86. The lowest BCUT2D eigenvalue weighted by Crippen LogP contribution is -2.50. The summed E-state index contributed by atoms with van der Waals surface area (Å²) in [6.45, 7) is 4.87. The highest BCUT2D eigenvalue weighted by molar-refractivity contribution is 5.97. The minimum atomic E-state index is -0.462. The first-order valence-electron chi connectivity index (χ1n) is 12.5. The number of hydrogen-bond donors (Lipinski definition) is 1. The van der Waals surface area contributed by atoms with Gasteiger partial charge in [-0.25, -0.2) is 4.98 Å². The molecule has 4 rings (SSSR count). The molecule has 10 heteroatoms. The molecule has 2 amide bonds. The molecular weight excluding hydrogens is 488 g/mol.